The molecule has 0 N–H and O–H groups in total. The van der Waals surface area contributed by atoms with Crippen molar-refractivity contribution in [2.45, 2.75) is 58.5 Å². The van der Waals surface area contributed by atoms with Gasteiger partial charge in [0, 0.05) is 13.1 Å². The molecule has 1 atom stereocenters. The van der Waals surface area contributed by atoms with Crippen LogP contribution in [0.15, 0.2) is 24.3 Å². The zero-order valence-electron chi connectivity index (χ0n) is 13.7. The molecule has 21 heavy (non-hydrogen) atoms. The summed E-state index contributed by atoms with van der Waals surface area (Å²) in [5, 5.41) is 0. The number of carbonyl (C=O) groups is 1. The number of carbonyl (C=O) groups excluding carboxylic acids is 1. The van der Waals surface area contributed by atoms with Gasteiger partial charge in [-0.25, -0.2) is 0 Å². The molecule has 1 unspecified atom stereocenters. The summed E-state index contributed by atoms with van der Waals surface area (Å²) in [6.45, 7) is 10.1. The minimum Gasteiger partial charge on any atom is -0.481 e. The van der Waals surface area contributed by atoms with E-state index in [1.807, 2.05) is 30.0 Å². The van der Waals surface area contributed by atoms with E-state index in [4.69, 9.17) is 4.74 Å². The van der Waals surface area contributed by atoms with Gasteiger partial charge in [-0.1, -0.05) is 39.0 Å². The van der Waals surface area contributed by atoms with Crippen LogP contribution in [0.25, 0.3) is 0 Å². The largest absolute Gasteiger partial charge is 0.481 e. The fourth-order valence-electron chi connectivity index (χ4n) is 2.80. The highest BCUT2D eigenvalue weighted by atomic mass is 16.5. The van der Waals surface area contributed by atoms with Crippen molar-refractivity contribution in [2.75, 3.05) is 13.1 Å². The maximum Gasteiger partial charge on any atom is 0.263 e. The highest BCUT2D eigenvalue weighted by Gasteiger charge is 2.25. The SMILES string of the molecule is CC(Oc1ccccc1C(C)(C)C)C(=O)N1CCCCC1. The second-order valence-electron chi connectivity index (χ2n) is 6.89. The number of rotatable bonds is 3. The van der Waals surface area contributed by atoms with Gasteiger partial charge in [0.25, 0.3) is 5.91 Å². The predicted molar refractivity (Wildman–Crippen MR) is 85.7 cm³/mol. The lowest BCUT2D eigenvalue weighted by atomic mass is 9.86. The first-order chi connectivity index (χ1) is 9.89. The summed E-state index contributed by atoms with van der Waals surface area (Å²) in [6.07, 6.45) is 3.02. The number of para-hydroxylation sites is 1. The molecule has 1 amide bonds. The predicted octanol–water partition coefficient (Wildman–Crippen LogP) is 3.76. The van der Waals surface area contributed by atoms with Crippen molar-refractivity contribution in [3.8, 4) is 5.75 Å². The first-order valence-electron chi connectivity index (χ1n) is 7.94. The average Bonchev–Trinajstić information content (AvgIpc) is 2.47. The molecule has 3 nitrogen and oxygen atoms in total. The Bertz CT molecular complexity index is 484. The third-order valence-corrected chi connectivity index (χ3v) is 4.01. The second-order valence-corrected chi connectivity index (χ2v) is 6.89. The standard InChI is InChI=1S/C18H27NO2/c1-14(17(20)19-12-8-5-9-13-19)21-16-11-7-6-10-15(16)18(2,3)4/h6-7,10-11,14H,5,8-9,12-13H2,1-4H3. The van der Waals surface area contributed by atoms with Crippen LogP contribution in [0.3, 0.4) is 0 Å². The molecule has 1 heterocycles. The molecule has 3 heteroatoms. The van der Waals surface area contributed by atoms with Crippen molar-refractivity contribution >= 4 is 5.91 Å². The Balaban J connectivity index is 2.09. The first-order valence-corrected chi connectivity index (χ1v) is 7.94. The summed E-state index contributed by atoms with van der Waals surface area (Å²) in [5.41, 5.74) is 1.15. The Labute approximate surface area is 128 Å². The van der Waals surface area contributed by atoms with E-state index in [1.54, 1.807) is 0 Å². The maximum atomic E-state index is 12.5. The summed E-state index contributed by atoms with van der Waals surface area (Å²) in [5.74, 6) is 0.932. The minimum atomic E-state index is -0.424. The summed E-state index contributed by atoms with van der Waals surface area (Å²) in [4.78, 5) is 14.4. The van der Waals surface area contributed by atoms with E-state index >= 15 is 0 Å². The van der Waals surface area contributed by atoms with Crippen molar-refractivity contribution in [3.05, 3.63) is 29.8 Å². The molecule has 0 spiro atoms. The van der Waals surface area contributed by atoms with Gasteiger partial charge in [0.1, 0.15) is 5.75 Å². The fourth-order valence-corrected chi connectivity index (χ4v) is 2.80. The average molecular weight is 289 g/mol. The Morgan fingerprint density at radius 2 is 1.76 bits per heavy atom. The third kappa shape index (κ3) is 3.99. The van der Waals surface area contributed by atoms with Crippen LogP contribution in [0.5, 0.6) is 5.75 Å². The molecule has 0 bridgehead atoms. The van der Waals surface area contributed by atoms with E-state index < -0.39 is 6.10 Å². The molecule has 1 fully saturated rings. The van der Waals surface area contributed by atoms with Gasteiger partial charge in [0.2, 0.25) is 0 Å². The van der Waals surface area contributed by atoms with Crippen LogP contribution in [0.1, 0.15) is 52.5 Å². The van der Waals surface area contributed by atoms with E-state index in [-0.39, 0.29) is 11.3 Å². The molecule has 2 rings (SSSR count). The van der Waals surface area contributed by atoms with Gasteiger partial charge < -0.3 is 9.64 Å². The summed E-state index contributed by atoms with van der Waals surface area (Å²) >= 11 is 0. The summed E-state index contributed by atoms with van der Waals surface area (Å²) in [6, 6.07) is 8.02. The van der Waals surface area contributed by atoms with Crippen LogP contribution in [0.2, 0.25) is 0 Å². The Morgan fingerprint density at radius 1 is 1.14 bits per heavy atom. The van der Waals surface area contributed by atoms with Crippen LogP contribution < -0.4 is 4.74 Å². The Morgan fingerprint density at radius 3 is 2.38 bits per heavy atom. The smallest absolute Gasteiger partial charge is 0.263 e. The fraction of sp³-hybridized carbons (Fsp3) is 0.611. The number of benzene rings is 1. The van der Waals surface area contributed by atoms with Crippen molar-refractivity contribution < 1.29 is 9.53 Å². The topological polar surface area (TPSA) is 29.5 Å². The third-order valence-electron chi connectivity index (χ3n) is 4.01. The minimum absolute atomic E-state index is 0.00445. The number of hydrogen-bond donors (Lipinski definition) is 0. The van der Waals surface area contributed by atoms with Crippen LogP contribution in [-0.2, 0) is 10.2 Å². The molecular weight excluding hydrogens is 262 g/mol. The summed E-state index contributed by atoms with van der Waals surface area (Å²) < 4.78 is 6.00. The van der Waals surface area contributed by atoms with Gasteiger partial charge in [-0.05, 0) is 43.2 Å². The van der Waals surface area contributed by atoms with E-state index in [0.29, 0.717) is 0 Å². The van der Waals surface area contributed by atoms with Crippen LogP contribution in [0, 0.1) is 0 Å². The quantitative estimate of drug-likeness (QED) is 0.848. The van der Waals surface area contributed by atoms with Crippen molar-refractivity contribution in [2.24, 2.45) is 0 Å². The Hall–Kier alpha value is -1.51. The zero-order valence-corrected chi connectivity index (χ0v) is 13.7. The number of nitrogens with zero attached hydrogens (tertiary/aromatic N) is 1. The molecule has 0 aromatic heterocycles. The Kier molecular flexibility index (Phi) is 4.92. The van der Waals surface area contributed by atoms with Gasteiger partial charge in [0.15, 0.2) is 6.10 Å². The van der Waals surface area contributed by atoms with E-state index in [2.05, 4.69) is 26.8 Å². The van der Waals surface area contributed by atoms with E-state index in [0.717, 1.165) is 37.2 Å². The lowest BCUT2D eigenvalue weighted by molar-refractivity contribution is -0.138. The van der Waals surface area contributed by atoms with Crippen molar-refractivity contribution in [1.29, 1.82) is 0 Å². The van der Waals surface area contributed by atoms with Gasteiger partial charge in [-0.3, -0.25) is 4.79 Å². The van der Waals surface area contributed by atoms with E-state index in [1.165, 1.54) is 6.42 Å². The molecule has 116 valence electrons. The number of ether oxygens (including phenoxy) is 1. The van der Waals surface area contributed by atoms with Crippen LogP contribution >= 0.6 is 0 Å². The number of amides is 1. The lowest BCUT2D eigenvalue weighted by Crippen LogP contribution is -2.43. The van der Waals surface area contributed by atoms with Crippen molar-refractivity contribution in [1.82, 2.24) is 4.90 Å². The van der Waals surface area contributed by atoms with Gasteiger partial charge >= 0.3 is 0 Å². The number of likely N-dealkylation sites (tertiary alicyclic amines) is 1. The van der Waals surface area contributed by atoms with Gasteiger partial charge in [-0.2, -0.15) is 0 Å². The molecule has 1 aliphatic heterocycles. The molecule has 1 aromatic carbocycles. The lowest BCUT2D eigenvalue weighted by Gasteiger charge is -2.30. The second kappa shape index (κ2) is 6.50. The molecule has 1 aliphatic rings. The number of hydrogen-bond acceptors (Lipinski definition) is 2. The highest BCUT2D eigenvalue weighted by molar-refractivity contribution is 5.81. The first kappa shape index (κ1) is 15.9. The normalized spacial score (nSPS) is 17.4. The molecule has 1 saturated heterocycles. The zero-order chi connectivity index (χ0) is 15.5. The molecule has 0 saturated carbocycles. The monoisotopic (exact) mass is 289 g/mol. The van der Waals surface area contributed by atoms with Crippen LogP contribution in [0.4, 0.5) is 0 Å². The number of piperidine rings is 1. The highest BCUT2D eigenvalue weighted by Crippen LogP contribution is 2.31. The maximum absolute atomic E-state index is 12.5. The van der Waals surface area contributed by atoms with Gasteiger partial charge in [0.05, 0.1) is 0 Å². The molecule has 0 radical (unpaired) electrons. The van der Waals surface area contributed by atoms with Crippen molar-refractivity contribution in [3.63, 3.8) is 0 Å². The molecule has 1 aromatic rings. The van der Waals surface area contributed by atoms with Gasteiger partial charge in [-0.15, -0.1) is 0 Å². The van der Waals surface area contributed by atoms with E-state index in [9.17, 15) is 4.79 Å². The molecule has 0 aliphatic carbocycles. The summed E-state index contributed by atoms with van der Waals surface area (Å²) in [7, 11) is 0. The molecular formula is C18H27NO2. The van der Waals surface area contributed by atoms with Crippen LogP contribution in [-0.4, -0.2) is 30.0 Å².